The average molecular weight is 395 g/mol. The first kappa shape index (κ1) is 22.5. The number of aliphatic imine (C=N–C) groups is 1. The molecule has 1 unspecified atom stereocenters. The summed E-state index contributed by atoms with van der Waals surface area (Å²) in [4.78, 5) is 16.7. The van der Waals surface area contributed by atoms with Crippen LogP contribution in [0.15, 0.2) is 57.4 Å². The lowest BCUT2D eigenvalue weighted by Gasteiger charge is -2.07. The fourth-order valence-electron chi connectivity index (χ4n) is 2.06. The van der Waals surface area contributed by atoms with Gasteiger partial charge in [-0.2, -0.15) is 0 Å². The molecule has 6 heteroatoms. The highest BCUT2D eigenvalue weighted by atomic mass is 35.5. The number of carbonyl (C=O) groups excluding carboxylic acids is 1. The molecule has 0 radical (unpaired) electrons. The Labute approximate surface area is 165 Å². The summed E-state index contributed by atoms with van der Waals surface area (Å²) in [6.07, 6.45) is 3.75. The number of hydrogen-bond acceptors (Lipinski definition) is 4. The molecule has 0 fully saturated rings. The molecular formula is C20H27ClN2O2S. The second-order valence-electron chi connectivity index (χ2n) is 5.58. The second kappa shape index (κ2) is 12.7. The van der Waals surface area contributed by atoms with Crippen LogP contribution >= 0.6 is 23.4 Å². The van der Waals surface area contributed by atoms with Gasteiger partial charge in [0.05, 0.1) is 12.5 Å². The molecule has 142 valence electrons. The number of carbonyl (C=O) groups is 1. The van der Waals surface area contributed by atoms with E-state index in [9.17, 15) is 4.79 Å². The van der Waals surface area contributed by atoms with E-state index in [1.54, 1.807) is 11.8 Å². The second-order valence-corrected chi connectivity index (χ2v) is 6.85. The van der Waals surface area contributed by atoms with Gasteiger partial charge in [0.1, 0.15) is 5.17 Å². The minimum Gasteiger partial charge on any atom is -0.380 e. The van der Waals surface area contributed by atoms with E-state index in [1.807, 2.05) is 69.5 Å². The summed E-state index contributed by atoms with van der Waals surface area (Å²) in [7, 11) is 0. The molecule has 0 aliphatic carbocycles. The molecule has 1 atom stereocenters. The summed E-state index contributed by atoms with van der Waals surface area (Å²) in [6.45, 7) is 9.53. The van der Waals surface area contributed by atoms with Gasteiger partial charge in [0.2, 0.25) is 5.91 Å². The lowest BCUT2D eigenvalue weighted by atomic mass is 10.1. The summed E-state index contributed by atoms with van der Waals surface area (Å²) in [5.41, 5.74) is 1.97. The van der Waals surface area contributed by atoms with Crippen molar-refractivity contribution in [1.82, 2.24) is 5.32 Å². The van der Waals surface area contributed by atoms with Crippen LogP contribution < -0.4 is 5.32 Å². The van der Waals surface area contributed by atoms with Crippen LogP contribution in [0.3, 0.4) is 0 Å². The van der Waals surface area contributed by atoms with Crippen molar-refractivity contribution in [2.75, 3.05) is 19.8 Å². The Balaban J connectivity index is 0.000000260. The monoisotopic (exact) mass is 394 g/mol. The summed E-state index contributed by atoms with van der Waals surface area (Å²) in [5, 5.41) is 5.37. The highest BCUT2D eigenvalue weighted by Crippen LogP contribution is 2.29. The molecule has 1 N–H and O–H groups in total. The van der Waals surface area contributed by atoms with Gasteiger partial charge in [0, 0.05) is 29.3 Å². The van der Waals surface area contributed by atoms with Crippen LogP contribution in [-0.4, -0.2) is 30.8 Å². The molecule has 0 aromatic heterocycles. The van der Waals surface area contributed by atoms with Crippen molar-refractivity contribution in [2.45, 2.75) is 32.6 Å². The zero-order valence-electron chi connectivity index (χ0n) is 15.8. The number of nitrogens with zero attached hydrogens (tertiary/aromatic N) is 1. The van der Waals surface area contributed by atoms with Crippen molar-refractivity contribution >= 4 is 34.4 Å². The van der Waals surface area contributed by atoms with E-state index in [2.05, 4.69) is 10.3 Å². The normalized spacial score (nSPS) is 14.3. The molecule has 1 amide bonds. The molecule has 4 nitrogen and oxygen atoms in total. The van der Waals surface area contributed by atoms with E-state index >= 15 is 0 Å². The molecule has 0 saturated carbocycles. The number of halogens is 1. The lowest BCUT2D eigenvalue weighted by Crippen LogP contribution is -2.31. The largest absolute Gasteiger partial charge is 0.380 e. The van der Waals surface area contributed by atoms with Crippen LogP contribution in [0.5, 0.6) is 0 Å². The Morgan fingerprint density at radius 1 is 1.42 bits per heavy atom. The minimum absolute atomic E-state index is 0.0494. The van der Waals surface area contributed by atoms with Crippen LogP contribution in [0, 0.1) is 5.92 Å². The van der Waals surface area contributed by atoms with Crippen molar-refractivity contribution in [3.8, 4) is 0 Å². The maximum atomic E-state index is 11.3. The van der Waals surface area contributed by atoms with Gasteiger partial charge in [0.25, 0.3) is 0 Å². The van der Waals surface area contributed by atoms with Crippen LogP contribution in [0.2, 0.25) is 0 Å². The SMILES string of the molecule is C/C=C\C(C)C(=O)NCCOCC.CC1=CSc2ccccc2C(Cl)=N1. The number of rotatable bonds is 6. The predicted octanol–water partition coefficient (Wildman–Crippen LogP) is 4.99. The van der Waals surface area contributed by atoms with Gasteiger partial charge < -0.3 is 10.1 Å². The molecule has 1 aliphatic heterocycles. The van der Waals surface area contributed by atoms with Gasteiger partial charge in [-0.3, -0.25) is 4.79 Å². The third kappa shape index (κ3) is 8.21. The maximum absolute atomic E-state index is 11.3. The Kier molecular flexibility index (Phi) is 11.0. The number of ether oxygens (including phenoxy) is 1. The molecule has 0 spiro atoms. The van der Waals surface area contributed by atoms with E-state index in [0.717, 1.165) is 16.2 Å². The Morgan fingerprint density at radius 2 is 2.15 bits per heavy atom. The summed E-state index contributed by atoms with van der Waals surface area (Å²) in [6, 6.07) is 8.01. The number of allylic oxidation sites excluding steroid dienone is 2. The smallest absolute Gasteiger partial charge is 0.226 e. The van der Waals surface area contributed by atoms with E-state index in [1.165, 1.54) is 0 Å². The first-order valence-corrected chi connectivity index (χ1v) is 9.90. The lowest BCUT2D eigenvalue weighted by molar-refractivity contribution is -0.123. The van der Waals surface area contributed by atoms with Crippen LogP contribution in [-0.2, 0) is 9.53 Å². The van der Waals surface area contributed by atoms with E-state index < -0.39 is 0 Å². The highest BCUT2D eigenvalue weighted by Gasteiger charge is 2.09. The van der Waals surface area contributed by atoms with Gasteiger partial charge in [-0.05, 0) is 32.2 Å². The van der Waals surface area contributed by atoms with Gasteiger partial charge >= 0.3 is 0 Å². The van der Waals surface area contributed by atoms with Gasteiger partial charge in [-0.15, -0.1) is 0 Å². The van der Waals surface area contributed by atoms with Crippen molar-refractivity contribution < 1.29 is 9.53 Å². The highest BCUT2D eigenvalue weighted by molar-refractivity contribution is 8.02. The summed E-state index contributed by atoms with van der Waals surface area (Å²) in [5.74, 6) is 0.00410. The topological polar surface area (TPSA) is 50.7 Å². The van der Waals surface area contributed by atoms with Gasteiger partial charge in [-0.25, -0.2) is 4.99 Å². The molecule has 26 heavy (non-hydrogen) atoms. The molecule has 1 aromatic carbocycles. The van der Waals surface area contributed by atoms with Gasteiger partial charge in [0.15, 0.2) is 0 Å². The summed E-state index contributed by atoms with van der Waals surface area (Å²) < 4.78 is 5.09. The Morgan fingerprint density at radius 3 is 2.85 bits per heavy atom. The third-order valence-corrected chi connectivity index (χ3v) is 4.74. The minimum atomic E-state index is -0.0494. The predicted molar refractivity (Wildman–Crippen MR) is 112 cm³/mol. The molecule has 2 rings (SSSR count). The number of amides is 1. The molecule has 1 aromatic rings. The van der Waals surface area contributed by atoms with Crippen LogP contribution in [0.4, 0.5) is 0 Å². The summed E-state index contributed by atoms with van der Waals surface area (Å²) >= 11 is 7.70. The van der Waals surface area contributed by atoms with Crippen molar-refractivity contribution in [3.63, 3.8) is 0 Å². The quantitative estimate of drug-likeness (QED) is 0.546. The number of benzene rings is 1. The third-order valence-electron chi connectivity index (χ3n) is 3.38. The molecule has 1 aliphatic rings. The van der Waals surface area contributed by atoms with Crippen molar-refractivity contribution in [1.29, 1.82) is 0 Å². The number of thioether (sulfide) groups is 1. The number of nitrogens with one attached hydrogen (secondary N) is 1. The van der Waals surface area contributed by atoms with E-state index in [-0.39, 0.29) is 11.8 Å². The fourth-order valence-corrected chi connectivity index (χ4v) is 3.21. The van der Waals surface area contributed by atoms with Gasteiger partial charge in [-0.1, -0.05) is 60.6 Å². The zero-order valence-corrected chi connectivity index (χ0v) is 17.4. The van der Waals surface area contributed by atoms with Crippen LogP contribution in [0.1, 0.15) is 33.3 Å². The zero-order chi connectivity index (χ0) is 19.4. The standard InChI is InChI=1S/C10H8ClNS.C10H19NO2/c1-7-6-13-9-5-3-2-4-8(9)10(11)12-7;1-4-6-9(3)10(12)11-7-8-13-5-2/h2-6H,1H3;4,6,9H,5,7-8H2,1-3H3,(H,11,12)/b;6-4-. The number of hydrogen-bond donors (Lipinski definition) is 1. The molecule has 0 saturated heterocycles. The average Bonchev–Trinajstić information content (AvgIpc) is 2.78. The van der Waals surface area contributed by atoms with Crippen LogP contribution in [0.25, 0.3) is 0 Å². The first-order valence-electron chi connectivity index (χ1n) is 8.64. The fraction of sp³-hybridized carbons (Fsp3) is 0.400. The van der Waals surface area contributed by atoms with E-state index in [0.29, 0.717) is 24.9 Å². The maximum Gasteiger partial charge on any atom is 0.226 e. The van der Waals surface area contributed by atoms with E-state index in [4.69, 9.17) is 16.3 Å². The molecule has 0 bridgehead atoms. The Hall–Kier alpha value is -1.56. The Bertz CT molecular complexity index is 672. The molecule has 1 heterocycles. The number of fused-ring (bicyclic) bond motifs is 1. The van der Waals surface area contributed by atoms with Crippen molar-refractivity contribution in [2.24, 2.45) is 10.9 Å². The molecular weight excluding hydrogens is 368 g/mol. The first-order chi connectivity index (χ1) is 12.5. The van der Waals surface area contributed by atoms with Crippen molar-refractivity contribution in [3.05, 3.63) is 53.1 Å².